The van der Waals surface area contributed by atoms with Crippen LogP contribution in [0.15, 0.2) is 42.6 Å². The first-order valence-electron chi connectivity index (χ1n) is 9.05. The number of nitrogens with zero attached hydrogens (tertiary/aromatic N) is 2. The number of carbonyl (C=O) groups is 1. The fourth-order valence-corrected chi connectivity index (χ4v) is 3.73. The normalized spacial score (nSPS) is 11.7. The van der Waals surface area contributed by atoms with E-state index in [0.717, 1.165) is 41.6 Å². The molecule has 0 aliphatic heterocycles. The van der Waals surface area contributed by atoms with Gasteiger partial charge in [0.15, 0.2) is 0 Å². The smallest absolute Gasteiger partial charge is 0.335 e. The lowest BCUT2D eigenvalue weighted by Crippen LogP contribution is -2.01. The number of carboxylic acids is 1. The van der Waals surface area contributed by atoms with Crippen LogP contribution in [0.4, 0.5) is 0 Å². The van der Waals surface area contributed by atoms with E-state index in [4.69, 9.17) is 0 Å². The van der Waals surface area contributed by atoms with E-state index in [1.807, 2.05) is 31.3 Å². The lowest BCUT2D eigenvalue weighted by Gasteiger charge is -2.16. The molecule has 0 aliphatic carbocycles. The zero-order valence-electron chi connectivity index (χ0n) is 15.9. The van der Waals surface area contributed by atoms with Gasteiger partial charge in [0, 0.05) is 24.1 Å². The molecule has 2 heterocycles. The minimum Gasteiger partial charge on any atom is -0.478 e. The van der Waals surface area contributed by atoms with Gasteiger partial charge in [-0.15, -0.1) is 23.3 Å². The first-order valence-corrected chi connectivity index (χ1v) is 10.7. The summed E-state index contributed by atoms with van der Waals surface area (Å²) in [5, 5.41) is 10.5. The molecule has 0 aliphatic rings. The average Bonchev–Trinajstić information content (AvgIpc) is 3.00. The summed E-state index contributed by atoms with van der Waals surface area (Å²) < 4.78 is 2.09. The van der Waals surface area contributed by atoms with Crippen LogP contribution in [-0.2, 0) is 7.05 Å². The number of fused-ring (bicyclic) bond motifs is 1. The predicted octanol–water partition coefficient (Wildman–Crippen LogP) is 5.99. The molecule has 4 nitrogen and oxygen atoms in total. The van der Waals surface area contributed by atoms with Gasteiger partial charge in [-0.2, -0.15) is 0 Å². The predicted molar refractivity (Wildman–Crippen MR) is 119 cm³/mol. The molecule has 27 heavy (non-hydrogen) atoms. The van der Waals surface area contributed by atoms with Crippen molar-refractivity contribution in [1.29, 1.82) is 0 Å². The minimum atomic E-state index is -0.898. The van der Waals surface area contributed by atoms with Gasteiger partial charge in [-0.25, -0.2) is 4.79 Å². The van der Waals surface area contributed by atoms with Crippen molar-refractivity contribution in [3.05, 3.63) is 53.7 Å². The average molecular weight is 403 g/mol. The summed E-state index contributed by atoms with van der Waals surface area (Å²) in [6, 6.07) is 11.4. The molecule has 0 spiro atoms. The van der Waals surface area contributed by atoms with Crippen molar-refractivity contribution in [1.82, 2.24) is 9.55 Å². The number of aromatic carboxylic acids is 1. The van der Waals surface area contributed by atoms with Gasteiger partial charge in [-0.1, -0.05) is 32.4 Å². The number of aromatic nitrogens is 2. The molecule has 2 aromatic heterocycles. The van der Waals surface area contributed by atoms with Crippen LogP contribution >= 0.6 is 23.3 Å². The minimum absolute atomic E-state index is 0.316. The largest absolute Gasteiger partial charge is 0.478 e. The molecule has 1 N–H and O–H groups in total. The standard InChI is InChI=1S/C21H24N2O2.H2S2/c1-4-8-14(5-2)19-16-11-10-15(21(24)25)13-18(16)23(3)20(19)17-9-6-7-12-22-17;1-2/h6-7,9-14H,4-5,8H2,1-3H3,(H,24,25);1-2H. The molecule has 1 atom stereocenters. The Bertz CT molecular complexity index is 907. The maximum atomic E-state index is 11.4. The van der Waals surface area contributed by atoms with Gasteiger partial charge in [-0.3, -0.25) is 4.98 Å². The van der Waals surface area contributed by atoms with Crippen LogP contribution in [0.5, 0.6) is 0 Å². The van der Waals surface area contributed by atoms with E-state index in [1.165, 1.54) is 5.56 Å². The van der Waals surface area contributed by atoms with Crippen LogP contribution in [-0.4, -0.2) is 20.6 Å². The van der Waals surface area contributed by atoms with E-state index in [2.05, 4.69) is 46.7 Å². The molecule has 144 valence electrons. The van der Waals surface area contributed by atoms with Crippen molar-refractivity contribution in [2.24, 2.45) is 7.05 Å². The molecule has 6 heteroatoms. The molecular weight excluding hydrogens is 376 g/mol. The molecule has 0 bridgehead atoms. The third-order valence-corrected chi connectivity index (χ3v) is 4.93. The second kappa shape index (κ2) is 9.85. The quantitative estimate of drug-likeness (QED) is 0.350. The summed E-state index contributed by atoms with van der Waals surface area (Å²) >= 11 is 6.44. The Morgan fingerprint density at radius 2 is 1.96 bits per heavy atom. The maximum absolute atomic E-state index is 11.4. The summed E-state index contributed by atoms with van der Waals surface area (Å²) in [6.07, 6.45) is 5.08. The van der Waals surface area contributed by atoms with Gasteiger partial charge >= 0.3 is 5.97 Å². The van der Waals surface area contributed by atoms with Crippen LogP contribution < -0.4 is 0 Å². The number of aryl methyl sites for hydroxylation is 1. The molecule has 1 aromatic carbocycles. The third kappa shape index (κ3) is 4.33. The molecule has 0 fully saturated rings. The number of benzene rings is 1. The Morgan fingerprint density at radius 3 is 2.52 bits per heavy atom. The van der Waals surface area contributed by atoms with E-state index in [1.54, 1.807) is 18.3 Å². The van der Waals surface area contributed by atoms with Crippen molar-refractivity contribution >= 4 is 40.2 Å². The molecule has 0 radical (unpaired) electrons. The van der Waals surface area contributed by atoms with Crippen molar-refractivity contribution in [3.63, 3.8) is 0 Å². The van der Waals surface area contributed by atoms with Crippen LogP contribution in [0.25, 0.3) is 22.3 Å². The van der Waals surface area contributed by atoms with E-state index < -0.39 is 5.97 Å². The summed E-state index contributed by atoms with van der Waals surface area (Å²) in [7, 11) is 2.00. The van der Waals surface area contributed by atoms with Crippen LogP contribution in [0.1, 0.15) is 54.9 Å². The molecular formula is C21H26N2O2S2. The highest BCUT2D eigenvalue weighted by Gasteiger charge is 2.23. The second-order valence-corrected chi connectivity index (χ2v) is 6.47. The third-order valence-electron chi connectivity index (χ3n) is 4.93. The fourth-order valence-electron chi connectivity index (χ4n) is 3.73. The van der Waals surface area contributed by atoms with Gasteiger partial charge in [0.25, 0.3) is 0 Å². The van der Waals surface area contributed by atoms with E-state index >= 15 is 0 Å². The number of rotatable bonds is 6. The Kier molecular flexibility index (Phi) is 7.80. The monoisotopic (exact) mass is 402 g/mol. The van der Waals surface area contributed by atoms with Crippen molar-refractivity contribution < 1.29 is 9.90 Å². The number of carboxylic acid groups (broad SMARTS) is 1. The van der Waals surface area contributed by atoms with Gasteiger partial charge in [-0.05, 0) is 48.6 Å². The van der Waals surface area contributed by atoms with Gasteiger partial charge < -0.3 is 9.67 Å². The van der Waals surface area contributed by atoms with Gasteiger partial charge in [0.05, 0.1) is 17.0 Å². The Morgan fingerprint density at radius 1 is 1.22 bits per heavy atom. The Labute approximate surface area is 170 Å². The number of pyridine rings is 1. The topological polar surface area (TPSA) is 55.1 Å². The van der Waals surface area contributed by atoms with Gasteiger partial charge in [0.1, 0.15) is 0 Å². The zero-order valence-corrected chi connectivity index (χ0v) is 17.7. The highest BCUT2D eigenvalue weighted by atomic mass is 33.1. The molecule has 0 amide bonds. The number of hydrogen-bond acceptors (Lipinski definition) is 4. The lowest BCUT2D eigenvalue weighted by atomic mass is 9.88. The second-order valence-electron chi connectivity index (χ2n) is 6.47. The van der Waals surface area contributed by atoms with Crippen molar-refractivity contribution in [2.45, 2.75) is 39.0 Å². The summed E-state index contributed by atoms with van der Waals surface area (Å²) in [4.78, 5) is 16.0. The number of thiol groups is 2. The summed E-state index contributed by atoms with van der Waals surface area (Å²) in [5.74, 6) is -0.467. The van der Waals surface area contributed by atoms with E-state index in [9.17, 15) is 9.90 Å². The van der Waals surface area contributed by atoms with Crippen LogP contribution in [0, 0.1) is 0 Å². The highest BCUT2D eigenvalue weighted by molar-refractivity contribution is 8.59. The van der Waals surface area contributed by atoms with Gasteiger partial charge in [0.2, 0.25) is 0 Å². The Hall–Kier alpha value is -1.92. The molecule has 0 saturated carbocycles. The Balaban J connectivity index is 0.00000126. The highest BCUT2D eigenvalue weighted by Crippen LogP contribution is 2.40. The van der Waals surface area contributed by atoms with E-state index in [0.29, 0.717) is 11.5 Å². The zero-order chi connectivity index (χ0) is 20.0. The van der Waals surface area contributed by atoms with E-state index in [-0.39, 0.29) is 0 Å². The lowest BCUT2D eigenvalue weighted by molar-refractivity contribution is 0.0697. The SMILES string of the molecule is CCCC(CC)c1c(-c2ccccn2)n(C)c2cc(C(=O)O)ccc12.SS. The van der Waals surface area contributed by atoms with Crippen LogP contribution in [0.3, 0.4) is 0 Å². The van der Waals surface area contributed by atoms with Crippen molar-refractivity contribution in [3.8, 4) is 11.4 Å². The molecule has 1 unspecified atom stereocenters. The fraction of sp³-hybridized carbons (Fsp3) is 0.333. The van der Waals surface area contributed by atoms with Crippen molar-refractivity contribution in [2.75, 3.05) is 0 Å². The first-order chi connectivity index (χ1) is 13.1. The first kappa shape index (κ1) is 21.4. The maximum Gasteiger partial charge on any atom is 0.335 e. The molecule has 3 aromatic rings. The molecule has 0 saturated heterocycles. The summed E-state index contributed by atoms with van der Waals surface area (Å²) in [5.41, 5.74) is 4.58. The summed E-state index contributed by atoms with van der Waals surface area (Å²) in [6.45, 7) is 4.42. The molecule has 3 rings (SSSR count). The number of hydrogen-bond donors (Lipinski definition) is 3. The van der Waals surface area contributed by atoms with Crippen LogP contribution in [0.2, 0.25) is 0 Å².